The lowest BCUT2D eigenvalue weighted by molar-refractivity contribution is 0.389. The van der Waals surface area contributed by atoms with Gasteiger partial charge in [0.05, 0.1) is 11.2 Å². The third-order valence-corrected chi connectivity index (χ3v) is 12.4. The van der Waals surface area contributed by atoms with Crippen LogP contribution in [0.3, 0.4) is 0 Å². The smallest absolute Gasteiger partial charge is 0.0538 e. The third-order valence-electron chi connectivity index (χ3n) is 12.4. The van der Waals surface area contributed by atoms with Gasteiger partial charge in [0.1, 0.15) is 0 Å². The Labute approximate surface area is 313 Å². The Morgan fingerprint density at radius 1 is 0.679 bits per heavy atom. The largest absolute Gasteiger partial charge is 0.310 e. The van der Waals surface area contributed by atoms with E-state index in [0.717, 1.165) is 6.42 Å². The van der Waals surface area contributed by atoms with E-state index in [9.17, 15) is 0 Å². The summed E-state index contributed by atoms with van der Waals surface area (Å²) in [4.78, 5) is 2.43. The van der Waals surface area contributed by atoms with Crippen LogP contribution in [0.25, 0.3) is 33.8 Å². The molecule has 53 heavy (non-hydrogen) atoms. The molecule has 0 spiro atoms. The molecule has 2 heteroatoms. The zero-order valence-corrected chi connectivity index (χ0v) is 30.9. The molecule has 10 rings (SSSR count). The maximum atomic E-state index is 2.64. The van der Waals surface area contributed by atoms with E-state index in [1.165, 1.54) is 83.9 Å². The summed E-state index contributed by atoms with van der Waals surface area (Å²) < 4.78 is 2.59. The molecule has 3 atom stereocenters. The zero-order chi connectivity index (χ0) is 35.8. The Morgan fingerprint density at radius 3 is 2.23 bits per heavy atom. The molecular formula is C51H44N2. The molecule has 3 aliphatic carbocycles. The minimum Gasteiger partial charge on any atom is -0.310 e. The Morgan fingerprint density at radius 2 is 1.42 bits per heavy atom. The quantitative estimate of drug-likeness (QED) is 0.175. The van der Waals surface area contributed by atoms with E-state index in [1.54, 1.807) is 0 Å². The lowest BCUT2D eigenvalue weighted by Gasteiger charge is -2.35. The highest BCUT2D eigenvalue weighted by Crippen LogP contribution is 2.59. The standard InChI is InChI=1S/C51H44N2/c1-33-23-27-47-42(29-33)43-30-36(35-16-7-5-8-17-35)24-28-48(43)53(47)49-32-45-50(40-21-13-12-20-39(40)49)41-26-25-38(31-44(41)51(45,3)4)52(37-18-9-6-10-19-37)46-22-14-11-15-34(46)2/h5-28,30-33,45,50H,29H2,1-4H3. The second kappa shape index (κ2) is 12.1. The molecular weight excluding hydrogens is 641 g/mol. The second-order valence-electron chi connectivity index (χ2n) is 15.9. The maximum absolute atomic E-state index is 2.64. The normalized spacial score (nSPS) is 19.2. The number of benzene rings is 6. The molecule has 0 bridgehead atoms. The van der Waals surface area contributed by atoms with E-state index in [0.29, 0.717) is 11.8 Å². The molecule has 0 N–H and O–H groups in total. The van der Waals surface area contributed by atoms with E-state index in [4.69, 9.17) is 0 Å². The van der Waals surface area contributed by atoms with Crippen LogP contribution >= 0.6 is 0 Å². The molecule has 3 unspecified atom stereocenters. The van der Waals surface area contributed by atoms with Crippen LogP contribution in [0.15, 0.2) is 158 Å². The van der Waals surface area contributed by atoms with Crippen LogP contribution in [0.1, 0.15) is 65.8 Å². The van der Waals surface area contributed by atoms with Crippen molar-refractivity contribution in [3.63, 3.8) is 0 Å². The van der Waals surface area contributed by atoms with Gasteiger partial charge in [0, 0.05) is 39.6 Å². The van der Waals surface area contributed by atoms with Crippen LogP contribution in [-0.2, 0) is 11.8 Å². The highest BCUT2D eigenvalue weighted by Gasteiger charge is 2.49. The SMILES string of the molecule is Cc1ccccc1N(c1ccccc1)c1ccc2c(c1)C(C)(C)C1C=C(n3c4c(c5cc(-c6ccccc6)ccc53)CC(C)C=C4)c3ccccc3C21. The van der Waals surface area contributed by atoms with E-state index < -0.39 is 0 Å². The van der Waals surface area contributed by atoms with E-state index >= 15 is 0 Å². The first-order valence-electron chi connectivity index (χ1n) is 19.2. The fourth-order valence-corrected chi connectivity index (χ4v) is 9.72. The Kier molecular flexibility index (Phi) is 7.27. The topological polar surface area (TPSA) is 8.17 Å². The number of hydrogen-bond donors (Lipinski definition) is 0. The number of rotatable bonds is 5. The lowest BCUT2D eigenvalue weighted by atomic mass is 9.70. The number of allylic oxidation sites excluding steroid dienone is 2. The van der Waals surface area contributed by atoms with Crippen molar-refractivity contribution in [2.45, 2.75) is 45.4 Å². The molecule has 0 amide bonds. The fourth-order valence-electron chi connectivity index (χ4n) is 9.72. The van der Waals surface area contributed by atoms with Crippen molar-refractivity contribution < 1.29 is 0 Å². The predicted octanol–water partition coefficient (Wildman–Crippen LogP) is 13.2. The van der Waals surface area contributed by atoms with Crippen molar-refractivity contribution in [1.29, 1.82) is 0 Å². The summed E-state index contributed by atoms with van der Waals surface area (Å²) in [5, 5.41) is 1.37. The van der Waals surface area contributed by atoms with Crippen molar-refractivity contribution in [1.82, 2.24) is 4.57 Å². The number of anilines is 3. The van der Waals surface area contributed by atoms with Crippen molar-refractivity contribution >= 4 is 39.7 Å². The molecule has 0 aliphatic heterocycles. The molecule has 3 aliphatic rings. The van der Waals surface area contributed by atoms with Crippen molar-refractivity contribution in [2.24, 2.45) is 11.8 Å². The summed E-state index contributed by atoms with van der Waals surface area (Å²) >= 11 is 0. The highest BCUT2D eigenvalue weighted by molar-refractivity contribution is 5.97. The monoisotopic (exact) mass is 684 g/mol. The first-order chi connectivity index (χ1) is 25.9. The van der Waals surface area contributed by atoms with Gasteiger partial charge in [0.2, 0.25) is 0 Å². The number of aromatic nitrogens is 1. The minimum atomic E-state index is -0.100. The van der Waals surface area contributed by atoms with Crippen molar-refractivity contribution in [2.75, 3.05) is 4.90 Å². The Balaban J connectivity index is 1.16. The lowest BCUT2D eigenvalue weighted by Crippen LogP contribution is -2.28. The average Bonchev–Trinajstić information content (AvgIpc) is 3.63. The molecule has 0 fully saturated rings. The molecule has 1 aromatic heterocycles. The van der Waals surface area contributed by atoms with Gasteiger partial charge < -0.3 is 9.47 Å². The van der Waals surface area contributed by atoms with Crippen LogP contribution in [-0.4, -0.2) is 4.57 Å². The third kappa shape index (κ3) is 4.92. The summed E-state index contributed by atoms with van der Waals surface area (Å²) in [7, 11) is 0. The summed E-state index contributed by atoms with van der Waals surface area (Å²) in [5.74, 6) is 1.09. The van der Waals surface area contributed by atoms with Crippen LogP contribution in [0.5, 0.6) is 0 Å². The molecule has 0 saturated heterocycles. The van der Waals surface area contributed by atoms with Gasteiger partial charge in [-0.1, -0.05) is 136 Å². The predicted molar refractivity (Wildman–Crippen MR) is 223 cm³/mol. The minimum absolute atomic E-state index is 0.100. The summed E-state index contributed by atoms with van der Waals surface area (Å²) in [6.45, 7) is 9.50. The summed E-state index contributed by atoms with van der Waals surface area (Å²) in [5.41, 5.74) is 18.3. The van der Waals surface area contributed by atoms with Crippen molar-refractivity contribution in [3.8, 4) is 11.1 Å². The number of aryl methyl sites for hydroxylation is 1. The molecule has 6 aromatic carbocycles. The van der Waals surface area contributed by atoms with Gasteiger partial charge >= 0.3 is 0 Å². The number of fused-ring (bicyclic) bond motifs is 8. The van der Waals surface area contributed by atoms with Crippen LogP contribution in [0, 0.1) is 18.8 Å². The fraction of sp³-hybridized carbons (Fsp3) is 0.176. The maximum Gasteiger partial charge on any atom is 0.0538 e. The van der Waals surface area contributed by atoms with Gasteiger partial charge in [-0.2, -0.15) is 0 Å². The van der Waals surface area contributed by atoms with Crippen LogP contribution in [0.2, 0.25) is 0 Å². The van der Waals surface area contributed by atoms with Crippen LogP contribution < -0.4 is 4.90 Å². The van der Waals surface area contributed by atoms with Gasteiger partial charge in [0.25, 0.3) is 0 Å². The van der Waals surface area contributed by atoms with Gasteiger partial charge in [0.15, 0.2) is 0 Å². The first-order valence-corrected chi connectivity index (χ1v) is 19.2. The molecule has 258 valence electrons. The number of para-hydroxylation sites is 2. The summed E-state index contributed by atoms with van der Waals surface area (Å²) in [6, 6.07) is 54.0. The van der Waals surface area contributed by atoms with Gasteiger partial charge in [-0.25, -0.2) is 0 Å². The van der Waals surface area contributed by atoms with Gasteiger partial charge in [-0.05, 0) is 118 Å². The molecule has 0 radical (unpaired) electrons. The second-order valence-corrected chi connectivity index (χ2v) is 15.9. The molecule has 1 heterocycles. The number of hydrogen-bond acceptors (Lipinski definition) is 1. The Hall–Kier alpha value is -5.86. The van der Waals surface area contributed by atoms with Crippen molar-refractivity contribution in [3.05, 3.63) is 197 Å². The average molecular weight is 685 g/mol. The Bertz CT molecular complexity index is 2600. The van der Waals surface area contributed by atoms with Crippen LogP contribution in [0.4, 0.5) is 17.1 Å². The first kappa shape index (κ1) is 31.8. The van der Waals surface area contributed by atoms with Gasteiger partial charge in [-0.3, -0.25) is 0 Å². The van der Waals surface area contributed by atoms with E-state index in [1.807, 2.05) is 0 Å². The zero-order valence-electron chi connectivity index (χ0n) is 30.9. The van der Waals surface area contributed by atoms with E-state index in [-0.39, 0.29) is 11.3 Å². The molecule has 0 saturated carbocycles. The number of nitrogens with zero attached hydrogens (tertiary/aromatic N) is 2. The molecule has 7 aromatic rings. The van der Waals surface area contributed by atoms with Gasteiger partial charge in [-0.15, -0.1) is 0 Å². The molecule has 2 nitrogen and oxygen atoms in total. The highest BCUT2D eigenvalue weighted by atomic mass is 15.1. The van der Waals surface area contributed by atoms with E-state index in [2.05, 4.69) is 201 Å². The summed E-state index contributed by atoms with van der Waals surface area (Å²) in [6.07, 6.45) is 8.48.